The molecular formula is C22H25Cl2NO5. The Labute approximate surface area is 186 Å². The van der Waals surface area contributed by atoms with Gasteiger partial charge in [0.05, 0.1) is 37.1 Å². The largest absolute Gasteiger partial charge is 0.493 e. The minimum atomic E-state index is -0.684. The van der Waals surface area contributed by atoms with Crippen LogP contribution >= 0.6 is 23.2 Å². The molecule has 1 atom stereocenters. The summed E-state index contributed by atoms with van der Waals surface area (Å²) in [5.41, 5.74) is 0.228. The topological polar surface area (TPSA) is 88.8 Å². The van der Waals surface area contributed by atoms with E-state index in [4.69, 9.17) is 42.8 Å². The van der Waals surface area contributed by atoms with Crippen molar-refractivity contribution in [2.24, 2.45) is 0 Å². The van der Waals surface area contributed by atoms with Gasteiger partial charge in [-0.3, -0.25) is 4.79 Å². The SMILES string of the molecule is COc1cc(C(=O)C(=N)CC(C)(CCO)c2ccc(Cl)c(Cl)c2)cc(OC)c1OC. The number of hydrogen-bond acceptors (Lipinski definition) is 6. The van der Waals surface area contributed by atoms with Gasteiger partial charge in [-0.15, -0.1) is 0 Å². The summed E-state index contributed by atoms with van der Waals surface area (Å²) >= 11 is 12.2. The number of benzene rings is 2. The van der Waals surface area contributed by atoms with E-state index in [-0.39, 0.29) is 24.3 Å². The highest BCUT2D eigenvalue weighted by molar-refractivity contribution is 6.45. The summed E-state index contributed by atoms with van der Waals surface area (Å²) in [6.45, 7) is 1.77. The Morgan fingerprint density at radius 3 is 2.10 bits per heavy atom. The molecule has 0 bridgehead atoms. The van der Waals surface area contributed by atoms with Gasteiger partial charge in [0.2, 0.25) is 11.5 Å². The lowest BCUT2D eigenvalue weighted by Gasteiger charge is -2.30. The Morgan fingerprint density at radius 1 is 1.03 bits per heavy atom. The summed E-state index contributed by atoms with van der Waals surface area (Å²) in [5, 5.41) is 18.8. The molecule has 2 rings (SSSR count). The van der Waals surface area contributed by atoms with E-state index < -0.39 is 11.2 Å². The zero-order valence-electron chi connectivity index (χ0n) is 17.3. The van der Waals surface area contributed by atoms with Crippen LogP contribution in [0, 0.1) is 5.41 Å². The average Bonchev–Trinajstić information content (AvgIpc) is 2.73. The number of methoxy groups -OCH3 is 3. The summed E-state index contributed by atoms with van der Waals surface area (Å²) in [6.07, 6.45) is 0.441. The van der Waals surface area contributed by atoms with E-state index in [1.54, 1.807) is 18.2 Å². The van der Waals surface area contributed by atoms with E-state index in [0.29, 0.717) is 33.7 Å². The fourth-order valence-electron chi connectivity index (χ4n) is 3.31. The van der Waals surface area contributed by atoms with Crippen LogP contribution in [0.5, 0.6) is 17.2 Å². The third-order valence-corrected chi connectivity index (χ3v) is 5.79. The molecule has 2 aromatic carbocycles. The van der Waals surface area contributed by atoms with Crippen molar-refractivity contribution in [1.29, 1.82) is 5.41 Å². The summed E-state index contributed by atoms with van der Waals surface area (Å²) < 4.78 is 15.9. The van der Waals surface area contributed by atoms with Gasteiger partial charge in [0, 0.05) is 24.0 Å². The quantitative estimate of drug-likeness (QED) is 0.392. The van der Waals surface area contributed by atoms with Crippen LogP contribution in [0.15, 0.2) is 30.3 Å². The van der Waals surface area contributed by atoms with Gasteiger partial charge in [-0.2, -0.15) is 0 Å². The van der Waals surface area contributed by atoms with Crippen molar-refractivity contribution >= 4 is 34.7 Å². The number of aliphatic hydroxyl groups excluding tert-OH is 1. The Hall–Kier alpha value is -2.28. The van der Waals surface area contributed by atoms with Crippen molar-refractivity contribution in [1.82, 2.24) is 0 Å². The number of hydrogen-bond donors (Lipinski definition) is 2. The number of nitrogens with one attached hydrogen (secondary N) is 1. The highest BCUT2D eigenvalue weighted by atomic mass is 35.5. The monoisotopic (exact) mass is 453 g/mol. The fraction of sp³-hybridized carbons (Fsp3) is 0.364. The number of carbonyl (C=O) groups is 1. The first-order valence-corrected chi connectivity index (χ1v) is 9.94. The third-order valence-electron chi connectivity index (χ3n) is 5.05. The molecule has 0 saturated carbocycles. The lowest BCUT2D eigenvalue weighted by Crippen LogP contribution is -2.30. The van der Waals surface area contributed by atoms with E-state index in [9.17, 15) is 9.90 Å². The molecule has 6 nitrogen and oxygen atoms in total. The summed E-state index contributed by atoms with van der Waals surface area (Å²) in [5.74, 6) is 0.550. The molecule has 0 radical (unpaired) electrons. The van der Waals surface area contributed by atoms with Crippen LogP contribution in [0.1, 0.15) is 35.7 Å². The first-order chi connectivity index (χ1) is 14.2. The zero-order valence-corrected chi connectivity index (χ0v) is 18.9. The van der Waals surface area contributed by atoms with Gasteiger partial charge in [0.15, 0.2) is 11.5 Å². The first-order valence-electron chi connectivity index (χ1n) is 9.19. The van der Waals surface area contributed by atoms with Gasteiger partial charge in [0.1, 0.15) is 0 Å². The molecule has 30 heavy (non-hydrogen) atoms. The number of rotatable bonds is 10. The molecule has 0 aromatic heterocycles. The predicted octanol–water partition coefficient (Wildman–Crippen LogP) is 4.95. The van der Waals surface area contributed by atoms with E-state index in [1.807, 2.05) is 6.92 Å². The highest BCUT2D eigenvalue weighted by Crippen LogP contribution is 2.39. The molecule has 8 heteroatoms. The van der Waals surface area contributed by atoms with Gasteiger partial charge >= 0.3 is 0 Å². The summed E-state index contributed by atoms with van der Waals surface area (Å²) in [6, 6.07) is 8.19. The summed E-state index contributed by atoms with van der Waals surface area (Å²) in [4.78, 5) is 13.0. The van der Waals surface area contributed by atoms with Crippen LogP contribution in [0.2, 0.25) is 10.0 Å². The lowest BCUT2D eigenvalue weighted by atomic mass is 9.74. The molecule has 0 amide bonds. The van der Waals surface area contributed by atoms with Crippen LogP contribution in [0.4, 0.5) is 0 Å². The van der Waals surface area contributed by atoms with Crippen molar-refractivity contribution in [2.75, 3.05) is 27.9 Å². The van der Waals surface area contributed by atoms with Crippen LogP contribution in [-0.2, 0) is 5.41 Å². The molecule has 0 aliphatic carbocycles. The standard InChI is InChI=1S/C22H25Cl2NO5/c1-22(7-8-26,14-5-6-15(23)16(24)11-14)12-17(25)20(27)13-9-18(28-2)21(30-4)19(10-13)29-3/h5-6,9-11,25-26H,7-8,12H2,1-4H3. The van der Waals surface area contributed by atoms with Crippen molar-refractivity contribution < 1.29 is 24.1 Å². The normalized spacial score (nSPS) is 12.8. The highest BCUT2D eigenvalue weighted by Gasteiger charge is 2.31. The second kappa shape index (κ2) is 10.2. The number of halogens is 2. The van der Waals surface area contributed by atoms with Crippen LogP contribution in [0.25, 0.3) is 0 Å². The lowest BCUT2D eigenvalue weighted by molar-refractivity contribution is 0.105. The van der Waals surface area contributed by atoms with Crippen molar-refractivity contribution in [2.45, 2.75) is 25.2 Å². The Morgan fingerprint density at radius 2 is 1.63 bits per heavy atom. The van der Waals surface area contributed by atoms with Crippen LogP contribution in [-0.4, -0.2) is 44.5 Å². The molecule has 162 valence electrons. The van der Waals surface area contributed by atoms with Gasteiger partial charge < -0.3 is 24.7 Å². The van der Waals surface area contributed by atoms with E-state index in [2.05, 4.69) is 0 Å². The Bertz CT molecular complexity index is 922. The van der Waals surface area contributed by atoms with Gasteiger partial charge in [-0.1, -0.05) is 36.2 Å². The van der Waals surface area contributed by atoms with Gasteiger partial charge in [-0.25, -0.2) is 0 Å². The van der Waals surface area contributed by atoms with E-state index in [0.717, 1.165) is 5.56 Å². The van der Waals surface area contributed by atoms with Gasteiger partial charge in [0.25, 0.3) is 0 Å². The number of ketones is 1. The van der Waals surface area contributed by atoms with Crippen molar-refractivity contribution in [3.8, 4) is 17.2 Å². The summed E-state index contributed by atoms with van der Waals surface area (Å²) in [7, 11) is 4.39. The third kappa shape index (κ3) is 5.06. The molecule has 1 unspecified atom stereocenters. The van der Waals surface area contributed by atoms with E-state index >= 15 is 0 Å². The Balaban J connectivity index is 2.38. The second-order valence-corrected chi connectivity index (χ2v) is 7.88. The molecule has 0 aliphatic heterocycles. The fourth-order valence-corrected chi connectivity index (χ4v) is 3.61. The van der Waals surface area contributed by atoms with Crippen LogP contribution < -0.4 is 14.2 Å². The predicted molar refractivity (Wildman–Crippen MR) is 118 cm³/mol. The molecule has 0 fully saturated rings. The van der Waals surface area contributed by atoms with Gasteiger partial charge in [-0.05, 0) is 36.2 Å². The van der Waals surface area contributed by atoms with Crippen LogP contribution in [0.3, 0.4) is 0 Å². The smallest absolute Gasteiger partial charge is 0.206 e. The molecule has 0 heterocycles. The second-order valence-electron chi connectivity index (χ2n) is 7.06. The maximum Gasteiger partial charge on any atom is 0.206 e. The maximum atomic E-state index is 13.0. The zero-order chi connectivity index (χ0) is 22.5. The molecule has 0 saturated heterocycles. The minimum absolute atomic E-state index is 0.0982. The first kappa shape index (κ1) is 24.0. The molecule has 2 aromatic rings. The molecule has 2 N–H and O–H groups in total. The molecule has 0 aliphatic rings. The van der Waals surface area contributed by atoms with Crippen molar-refractivity contribution in [3.05, 3.63) is 51.5 Å². The Kier molecular flexibility index (Phi) is 8.12. The minimum Gasteiger partial charge on any atom is -0.493 e. The average molecular weight is 454 g/mol. The molecular weight excluding hydrogens is 429 g/mol. The maximum absolute atomic E-state index is 13.0. The van der Waals surface area contributed by atoms with E-state index in [1.165, 1.54) is 33.5 Å². The number of Topliss-reactive ketones (excluding diaryl/α,β-unsaturated/α-hetero) is 1. The van der Waals surface area contributed by atoms with Crippen molar-refractivity contribution in [3.63, 3.8) is 0 Å². The number of carbonyl (C=O) groups excluding carboxylic acids is 1. The molecule has 0 spiro atoms. The number of aliphatic hydroxyl groups is 1. The number of ether oxygens (including phenoxy) is 3.